The van der Waals surface area contributed by atoms with Gasteiger partial charge in [0.25, 0.3) is 5.91 Å². The van der Waals surface area contributed by atoms with Crippen LogP contribution in [-0.2, 0) is 0 Å². The molecule has 1 aromatic rings. The minimum Gasteiger partial charge on any atom is -0.370 e. The van der Waals surface area contributed by atoms with Crippen LogP contribution in [0.5, 0.6) is 0 Å². The van der Waals surface area contributed by atoms with Gasteiger partial charge in [0.2, 0.25) is 0 Å². The maximum atomic E-state index is 12.0. The van der Waals surface area contributed by atoms with Gasteiger partial charge in [0.05, 0.1) is 0 Å². The number of hydrogen-bond acceptors (Lipinski definition) is 3. The van der Waals surface area contributed by atoms with Crippen LogP contribution in [0.3, 0.4) is 0 Å². The van der Waals surface area contributed by atoms with Crippen LogP contribution in [0.2, 0.25) is 5.15 Å². The number of hydrogen-bond donors (Lipinski definition) is 2. The van der Waals surface area contributed by atoms with Gasteiger partial charge in [0.15, 0.2) is 0 Å². The van der Waals surface area contributed by atoms with Crippen molar-refractivity contribution in [1.29, 1.82) is 0 Å². The maximum Gasteiger partial charge on any atom is 0.251 e. The van der Waals surface area contributed by atoms with E-state index in [1.807, 2.05) is 6.92 Å². The lowest BCUT2D eigenvalue weighted by Gasteiger charge is -2.33. The molecule has 0 unspecified atom stereocenters. The van der Waals surface area contributed by atoms with Crippen molar-refractivity contribution >= 4 is 23.3 Å². The largest absolute Gasteiger partial charge is 0.370 e. The predicted molar refractivity (Wildman–Crippen MR) is 73.1 cm³/mol. The van der Waals surface area contributed by atoms with E-state index in [9.17, 15) is 4.79 Å². The standard InChI is InChI=1S/C13H18ClN3O/c1-3-15-12-7-9(6-11(14)17-12)13(18)16-10-4-8(2)5-10/h6-8,10H,3-5H2,1-2H3,(H,15,17)(H,16,18). The van der Waals surface area contributed by atoms with Crippen molar-refractivity contribution in [3.63, 3.8) is 0 Å². The Hall–Kier alpha value is -1.29. The van der Waals surface area contributed by atoms with Crippen LogP contribution in [0.15, 0.2) is 12.1 Å². The van der Waals surface area contributed by atoms with E-state index in [2.05, 4.69) is 22.5 Å². The van der Waals surface area contributed by atoms with E-state index in [1.54, 1.807) is 12.1 Å². The highest BCUT2D eigenvalue weighted by molar-refractivity contribution is 6.29. The third-order valence-corrected chi connectivity index (χ3v) is 3.32. The van der Waals surface area contributed by atoms with Gasteiger partial charge in [0.1, 0.15) is 11.0 Å². The smallest absolute Gasteiger partial charge is 0.251 e. The number of carbonyl (C=O) groups excluding carboxylic acids is 1. The summed E-state index contributed by atoms with van der Waals surface area (Å²) in [5, 5.41) is 6.40. The first-order chi connectivity index (χ1) is 8.58. The molecule has 1 amide bonds. The number of pyridine rings is 1. The summed E-state index contributed by atoms with van der Waals surface area (Å²) in [5.74, 6) is 1.28. The Bertz CT molecular complexity index is 444. The molecule has 0 atom stereocenters. The zero-order valence-corrected chi connectivity index (χ0v) is 11.4. The van der Waals surface area contributed by atoms with Gasteiger partial charge in [-0.15, -0.1) is 0 Å². The highest BCUT2D eigenvalue weighted by atomic mass is 35.5. The van der Waals surface area contributed by atoms with E-state index >= 15 is 0 Å². The monoisotopic (exact) mass is 267 g/mol. The molecule has 5 heteroatoms. The van der Waals surface area contributed by atoms with E-state index < -0.39 is 0 Å². The van der Waals surface area contributed by atoms with Gasteiger partial charge in [-0.05, 0) is 37.8 Å². The molecule has 0 bridgehead atoms. The number of nitrogens with one attached hydrogen (secondary N) is 2. The van der Waals surface area contributed by atoms with E-state index in [1.165, 1.54) is 0 Å². The van der Waals surface area contributed by atoms with Gasteiger partial charge < -0.3 is 10.6 Å². The predicted octanol–water partition coefficient (Wildman–Crippen LogP) is 2.70. The molecule has 0 spiro atoms. The third kappa shape index (κ3) is 3.13. The number of carbonyl (C=O) groups is 1. The van der Waals surface area contributed by atoms with E-state index in [-0.39, 0.29) is 5.91 Å². The van der Waals surface area contributed by atoms with Crippen molar-refractivity contribution in [3.8, 4) is 0 Å². The van der Waals surface area contributed by atoms with Gasteiger partial charge in [-0.1, -0.05) is 18.5 Å². The quantitative estimate of drug-likeness (QED) is 0.825. The molecular formula is C13H18ClN3O. The molecule has 0 aromatic carbocycles. The second-order valence-electron chi connectivity index (χ2n) is 4.84. The summed E-state index contributed by atoms with van der Waals surface area (Å²) >= 11 is 5.91. The Morgan fingerprint density at radius 1 is 1.50 bits per heavy atom. The molecule has 0 radical (unpaired) electrons. The molecule has 2 N–H and O–H groups in total. The Labute approximate surface area is 112 Å². The lowest BCUT2D eigenvalue weighted by Crippen LogP contribution is -2.43. The molecule has 98 valence electrons. The second kappa shape index (κ2) is 5.57. The fraction of sp³-hybridized carbons (Fsp3) is 0.538. The summed E-state index contributed by atoms with van der Waals surface area (Å²) in [5.41, 5.74) is 0.561. The normalized spacial score (nSPS) is 22.2. The summed E-state index contributed by atoms with van der Waals surface area (Å²) < 4.78 is 0. The topological polar surface area (TPSA) is 54.0 Å². The number of amides is 1. The molecule has 1 fully saturated rings. The van der Waals surface area contributed by atoms with Gasteiger partial charge in [-0.25, -0.2) is 4.98 Å². The molecule has 1 heterocycles. The molecular weight excluding hydrogens is 250 g/mol. The third-order valence-electron chi connectivity index (χ3n) is 3.12. The van der Waals surface area contributed by atoms with Crippen LogP contribution < -0.4 is 10.6 Å². The van der Waals surface area contributed by atoms with Crippen molar-refractivity contribution in [2.45, 2.75) is 32.7 Å². The molecule has 1 aliphatic carbocycles. The number of anilines is 1. The van der Waals surface area contributed by atoms with Crippen molar-refractivity contribution in [1.82, 2.24) is 10.3 Å². The lowest BCUT2D eigenvalue weighted by molar-refractivity contribution is 0.0896. The van der Waals surface area contributed by atoms with Gasteiger partial charge in [0, 0.05) is 18.2 Å². The number of nitrogens with zero attached hydrogens (tertiary/aromatic N) is 1. The minimum atomic E-state index is -0.0737. The van der Waals surface area contributed by atoms with Gasteiger partial charge in [-0.3, -0.25) is 4.79 Å². The van der Waals surface area contributed by atoms with Crippen molar-refractivity contribution in [2.75, 3.05) is 11.9 Å². The zero-order chi connectivity index (χ0) is 13.1. The van der Waals surface area contributed by atoms with Gasteiger partial charge >= 0.3 is 0 Å². The Balaban J connectivity index is 2.04. The highest BCUT2D eigenvalue weighted by Gasteiger charge is 2.27. The number of halogens is 1. The summed E-state index contributed by atoms with van der Waals surface area (Å²) in [6.07, 6.45) is 2.12. The van der Waals surface area contributed by atoms with E-state index in [4.69, 9.17) is 11.6 Å². The highest BCUT2D eigenvalue weighted by Crippen LogP contribution is 2.26. The molecule has 18 heavy (non-hydrogen) atoms. The first-order valence-electron chi connectivity index (χ1n) is 6.30. The van der Waals surface area contributed by atoms with Crippen molar-refractivity contribution in [2.24, 2.45) is 5.92 Å². The average Bonchev–Trinajstić information content (AvgIpc) is 2.26. The van der Waals surface area contributed by atoms with Crippen LogP contribution in [0.25, 0.3) is 0 Å². The molecule has 0 saturated heterocycles. The Kier molecular flexibility index (Phi) is 4.07. The molecule has 1 aliphatic rings. The molecule has 4 nitrogen and oxygen atoms in total. The zero-order valence-electron chi connectivity index (χ0n) is 10.7. The molecule has 1 saturated carbocycles. The SMILES string of the molecule is CCNc1cc(C(=O)NC2CC(C)C2)cc(Cl)n1. The maximum absolute atomic E-state index is 12.0. The summed E-state index contributed by atoms with van der Waals surface area (Å²) in [4.78, 5) is 16.1. The first kappa shape index (κ1) is 13.1. The fourth-order valence-corrected chi connectivity index (χ4v) is 2.40. The fourth-order valence-electron chi connectivity index (χ4n) is 2.19. The average molecular weight is 268 g/mol. The molecule has 2 rings (SSSR count). The van der Waals surface area contributed by atoms with E-state index in [0.29, 0.717) is 28.5 Å². The van der Waals surface area contributed by atoms with E-state index in [0.717, 1.165) is 19.4 Å². The summed E-state index contributed by atoms with van der Waals surface area (Å²) in [7, 11) is 0. The summed E-state index contributed by atoms with van der Waals surface area (Å²) in [6, 6.07) is 3.63. The van der Waals surface area contributed by atoms with Crippen LogP contribution in [-0.4, -0.2) is 23.5 Å². The van der Waals surface area contributed by atoms with Crippen molar-refractivity contribution in [3.05, 3.63) is 22.8 Å². The number of aromatic nitrogens is 1. The Morgan fingerprint density at radius 2 is 2.22 bits per heavy atom. The molecule has 1 aromatic heterocycles. The lowest BCUT2D eigenvalue weighted by atomic mass is 9.82. The molecule has 0 aliphatic heterocycles. The van der Waals surface area contributed by atoms with Crippen molar-refractivity contribution < 1.29 is 4.79 Å². The van der Waals surface area contributed by atoms with Gasteiger partial charge in [-0.2, -0.15) is 0 Å². The summed E-state index contributed by atoms with van der Waals surface area (Å²) in [6.45, 7) is 4.90. The Morgan fingerprint density at radius 3 is 2.83 bits per heavy atom. The second-order valence-corrected chi connectivity index (χ2v) is 5.23. The van der Waals surface area contributed by atoms with Crippen LogP contribution in [0.1, 0.15) is 37.0 Å². The van der Waals surface area contributed by atoms with Crippen LogP contribution in [0.4, 0.5) is 5.82 Å². The van der Waals surface area contributed by atoms with Crippen LogP contribution >= 0.6 is 11.6 Å². The van der Waals surface area contributed by atoms with Crippen LogP contribution in [0, 0.1) is 5.92 Å². The number of rotatable bonds is 4. The minimum absolute atomic E-state index is 0.0737. The first-order valence-corrected chi connectivity index (χ1v) is 6.68.